The summed E-state index contributed by atoms with van der Waals surface area (Å²) in [4.78, 5) is 8.74. The maximum atomic E-state index is 9.98. The van der Waals surface area contributed by atoms with E-state index in [2.05, 4.69) is 26.7 Å². The molecule has 130 valence electrons. The van der Waals surface area contributed by atoms with E-state index in [-0.39, 0.29) is 12.1 Å². The summed E-state index contributed by atoms with van der Waals surface area (Å²) in [6.45, 7) is 0. The third-order valence-electron chi connectivity index (χ3n) is 5.05. The minimum atomic E-state index is -0.382. The molecule has 7 heteroatoms. The van der Waals surface area contributed by atoms with Crippen LogP contribution in [0.2, 0.25) is 0 Å². The van der Waals surface area contributed by atoms with E-state index in [1.165, 1.54) is 0 Å². The molecule has 3 N–H and O–H groups in total. The molecule has 0 aromatic carbocycles. The van der Waals surface area contributed by atoms with Crippen LogP contribution in [0.3, 0.4) is 0 Å². The van der Waals surface area contributed by atoms with Crippen LogP contribution in [0.4, 0.5) is 11.8 Å². The number of hydrogen-bond acceptors (Lipinski definition) is 7. The van der Waals surface area contributed by atoms with Crippen molar-refractivity contribution in [2.45, 2.75) is 69.2 Å². The molecule has 0 aliphatic heterocycles. The number of aliphatic hydroxyl groups excluding tert-OH is 1. The first-order chi connectivity index (χ1) is 11.7. The Labute approximate surface area is 142 Å². The van der Waals surface area contributed by atoms with Crippen LogP contribution in [0.25, 0.3) is 0 Å². The van der Waals surface area contributed by atoms with Gasteiger partial charge < -0.3 is 20.5 Å². The van der Waals surface area contributed by atoms with Crippen molar-refractivity contribution in [3.05, 3.63) is 11.8 Å². The maximum Gasteiger partial charge on any atom is 0.224 e. The van der Waals surface area contributed by atoms with Gasteiger partial charge in [0, 0.05) is 13.2 Å². The first kappa shape index (κ1) is 16.9. The molecule has 2 fully saturated rings. The summed E-state index contributed by atoms with van der Waals surface area (Å²) in [6, 6.07) is 2.40. The van der Waals surface area contributed by atoms with Gasteiger partial charge in [-0.25, -0.2) is 4.98 Å². The second kappa shape index (κ2) is 7.77. The maximum absolute atomic E-state index is 9.98. The lowest BCUT2D eigenvalue weighted by Gasteiger charge is -2.28. The van der Waals surface area contributed by atoms with Crippen molar-refractivity contribution in [3.8, 4) is 6.07 Å². The molecule has 2 aliphatic rings. The van der Waals surface area contributed by atoms with Gasteiger partial charge in [0.1, 0.15) is 17.5 Å². The molecule has 7 nitrogen and oxygen atoms in total. The van der Waals surface area contributed by atoms with Crippen LogP contribution in [-0.2, 0) is 4.74 Å². The molecule has 0 radical (unpaired) electrons. The Bertz CT molecular complexity index is 595. The fourth-order valence-corrected chi connectivity index (χ4v) is 3.55. The number of hydrogen-bond donors (Lipinski definition) is 3. The summed E-state index contributed by atoms with van der Waals surface area (Å²) in [7, 11) is 1.76. The number of nitrogens with one attached hydrogen (secondary N) is 2. The predicted molar refractivity (Wildman–Crippen MR) is 90.7 cm³/mol. The average molecular weight is 331 g/mol. The van der Waals surface area contributed by atoms with E-state index in [4.69, 9.17) is 4.74 Å². The summed E-state index contributed by atoms with van der Waals surface area (Å²) < 4.78 is 5.39. The number of aromatic nitrogens is 2. The van der Waals surface area contributed by atoms with Gasteiger partial charge in [-0.1, -0.05) is 0 Å². The molecular formula is C17H25N5O2. The summed E-state index contributed by atoms with van der Waals surface area (Å²) in [6.07, 6.45) is 8.28. The van der Waals surface area contributed by atoms with E-state index in [9.17, 15) is 10.4 Å². The van der Waals surface area contributed by atoms with Gasteiger partial charge >= 0.3 is 0 Å². The fourth-order valence-electron chi connectivity index (χ4n) is 3.55. The molecule has 0 spiro atoms. The van der Waals surface area contributed by atoms with E-state index < -0.39 is 0 Å². The highest BCUT2D eigenvalue weighted by atomic mass is 16.5. The average Bonchev–Trinajstić information content (AvgIpc) is 3.01. The molecule has 1 aromatic heterocycles. The van der Waals surface area contributed by atoms with Gasteiger partial charge in [-0.05, 0) is 44.9 Å². The molecule has 24 heavy (non-hydrogen) atoms. The Kier molecular flexibility index (Phi) is 5.48. The molecular weight excluding hydrogens is 306 g/mol. The number of nitrogens with zero attached hydrogens (tertiary/aromatic N) is 3. The lowest BCUT2D eigenvalue weighted by Crippen LogP contribution is -2.31. The Morgan fingerprint density at radius 1 is 1.21 bits per heavy atom. The minimum absolute atomic E-state index is 0.0445. The van der Waals surface area contributed by atoms with E-state index in [0.717, 1.165) is 44.9 Å². The van der Waals surface area contributed by atoms with Gasteiger partial charge in [0.15, 0.2) is 0 Å². The van der Waals surface area contributed by atoms with Crippen molar-refractivity contribution in [2.75, 3.05) is 17.7 Å². The van der Waals surface area contributed by atoms with E-state index in [1.807, 2.05) is 0 Å². The van der Waals surface area contributed by atoms with Gasteiger partial charge in [-0.2, -0.15) is 10.2 Å². The molecule has 1 heterocycles. The highest BCUT2D eigenvalue weighted by Gasteiger charge is 2.26. The topological polar surface area (TPSA) is 103 Å². The van der Waals surface area contributed by atoms with Gasteiger partial charge in [0.05, 0.1) is 24.4 Å². The van der Waals surface area contributed by atoms with Crippen molar-refractivity contribution >= 4 is 11.8 Å². The molecule has 3 rings (SSSR count). The standard InChI is InChI=1S/C17H25N5O2/c1-24-13-7-5-12(6-8-13)20-17-19-10-11(9-18)16(22-17)21-14-3-2-4-15(14)23/h10,12-15,23H,2-8H2,1H3,(H2,19,20,21,22)/t12?,13?,14-,15-/m1/s1. The van der Waals surface area contributed by atoms with Crippen LogP contribution in [0.15, 0.2) is 6.20 Å². The molecule has 0 amide bonds. The Balaban J connectivity index is 1.66. The number of aliphatic hydroxyl groups is 1. The predicted octanol–water partition coefficient (Wildman–Crippen LogP) is 2.04. The Hall–Kier alpha value is -1.91. The third-order valence-corrected chi connectivity index (χ3v) is 5.05. The molecule has 0 unspecified atom stereocenters. The Morgan fingerprint density at radius 2 is 2.00 bits per heavy atom. The van der Waals surface area contributed by atoms with Crippen LogP contribution in [0.1, 0.15) is 50.5 Å². The quantitative estimate of drug-likeness (QED) is 0.758. The zero-order chi connectivity index (χ0) is 16.9. The largest absolute Gasteiger partial charge is 0.391 e. The zero-order valence-corrected chi connectivity index (χ0v) is 14.0. The lowest BCUT2D eigenvalue weighted by atomic mass is 9.93. The lowest BCUT2D eigenvalue weighted by molar-refractivity contribution is 0.0681. The first-order valence-corrected chi connectivity index (χ1v) is 8.70. The molecule has 0 saturated heterocycles. The molecule has 0 bridgehead atoms. The molecule has 1 aromatic rings. The Morgan fingerprint density at radius 3 is 2.62 bits per heavy atom. The summed E-state index contributed by atoms with van der Waals surface area (Å²) >= 11 is 0. The number of methoxy groups -OCH3 is 1. The molecule has 2 aliphatic carbocycles. The van der Waals surface area contributed by atoms with Gasteiger partial charge in [0.2, 0.25) is 5.95 Å². The number of ether oxygens (including phenoxy) is 1. The fraction of sp³-hybridized carbons (Fsp3) is 0.706. The van der Waals surface area contributed by atoms with Crippen LogP contribution in [0.5, 0.6) is 0 Å². The summed E-state index contributed by atoms with van der Waals surface area (Å²) in [5.74, 6) is 1.04. The van der Waals surface area contributed by atoms with Crippen molar-refractivity contribution in [1.29, 1.82) is 5.26 Å². The summed E-state index contributed by atoms with van der Waals surface area (Å²) in [5.41, 5.74) is 0.405. The van der Waals surface area contributed by atoms with E-state index in [0.29, 0.717) is 29.5 Å². The van der Waals surface area contributed by atoms with Crippen molar-refractivity contribution in [1.82, 2.24) is 9.97 Å². The van der Waals surface area contributed by atoms with Crippen molar-refractivity contribution in [2.24, 2.45) is 0 Å². The number of nitriles is 1. The second-order valence-corrected chi connectivity index (χ2v) is 6.67. The highest BCUT2D eigenvalue weighted by Crippen LogP contribution is 2.26. The molecule has 2 atom stereocenters. The minimum Gasteiger partial charge on any atom is -0.391 e. The van der Waals surface area contributed by atoms with E-state index in [1.54, 1.807) is 13.3 Å². The summed E-state index contributed by atoms with van der Waals surface area (Å²) in [5, 5.41) is 25.8. The van der Waals surface area contributed by atoms with Crippen molar-refractivity contribution < 1.29 is 9.84 Å². The van der Waals surface area contributed by atoms with E-state index >= 15 is 0 Å². The van der Waals surface area contributed by atoms with Gasteiger partial charge in [0.25, 0.3) is 0 Å². The normalized spacial score (nSPS) is 29.9. The first-order valence-electron chi connectivity index (χ1n) is 8.70. The van der Waals surface area contributed by atoms with Gasteiger partial charge in [-0.15, -0.1) is 0 Å². The van der Waals surface area contributed by atoms with Crippen LogP contribution in [0, 0.1) is 11.3 Å². The third kappa shape index (κ3) is 3.94. The number of rotatable bonds is 5. The smallest absolute Gasteiger partial charge is 0.224 e. The van der Waals surface area contributed by atoms with Gasteiger partial charge in [-0.3, -0.25) is 0 Å². The molecule has 2 saturated carbocycles. The SMILES string of the molecule is COC1CCC(Nc2ncc(C#N)c(N[C@@H]3CCC[C@H]3O)n2)CC1. The zero-order valence-electron chi connectivity index (χ0n) is 14.0. The number of anilines is 2. The second-order valence-electron chi connectivity index (χ2n) is 6.67. The monoisotopic (exact) mass is 331 g/mol. The van der Waals surface area contributed by atoms with Crippen LogP contribution in [-0.4, -0.2) is 46.5 Å². The van der Waals surface area contributed by atoms with Crippen molar-refractivity contribution in [3.63, 3.8) is 0 Å². The highest BCUT2D eigenvalue weighted by molar-refractivity contribution is 5.54. The van der Waals surface area contributed by atoms with Crippen LogP contribution >= 0.6 is 0 Å². The van der Waals surface area contributed by atoms with Crippen LogP contribution < -0.4 is 10.6 Å².